The standard InChI is InChI=1S/C37H56N8O7/c1-22(2)21-41-33(49)28(20-31(46)47)44-34(50)26(14-9-17-40-37(38)39)42-35(51)30-19-25(18-23-10-5-3-6-11-23)29-16-15-27(36(52)45(29)30)43-32(48)24-12-7-4-8-13-24/h3,5-6,10-11,22,24-30H,4,7-9,12-21H2,1-2H3,(H,41,49)(H,42,51)(H,43,48)(H,44,50)(H,46,47)(H4,38,39,40)/t25-,26+,27+,28+,29+,30+/m1/s1. The van der Waals surface area contributed by atoms with E-state index in [9.17, 15) is 33.9 Å². The molecule has 9 N–H and O–H groups in total. The molecule has 52 heavy (non-hydrogen) atoms. The molecular weight excluding hydrogens is 668 g/mol. The third-order valence-corrected chi connectivity index (χ3v) is 10.3. The average molecular weight is 725 g/mol. The van der Waals surface area contributed by atoms with E-state index in [0.717, 1.165) is 37.7 Å². The van der Waals surface area contributed by atoms with E-state index in [1.807, 2.05) is 44.2 Å². The highest BCUT2D eigenvalue weighted by atomic mass is 16.4. The summed E-state index contributed by atoms with van der Waals surface area (Å²) in [4.78, 5) is 81.5. The van der Waals surface area contributed by atoms with Crippen molar-refractivity contribution in [3.05, 3.63) is 35.9 Å². The van der Waals surface area contributed by atoms with Crippen molar-refractivity contribution in [2.24, 2.45) is 23.5 Å². The van der Waals surface area contributed by atoms with Crippen molar-refractivity contribution in [1.29, 1.82) is 5.41 Å². The largest absolute Gasteiger partial charge is 0.481 e. The zero-order valence-corrected chi connectivity index (χ0v) is 30.3. The van der Waals surface area contributed by atoms with Gasteiger partial charge in [0.05, 0.1) is 6.42 Å². The number of nitrogens with two attached hydrogens (primary N) is 1. The predicted octanol–water partition coefficient (Wildman–Crippen LogP) is 1.15. The summed E-state index contributed by atoms with van der Waals surface area (Å²) in [6.07, 6.45) is 6.40. The molecule has 3 fully saturated rings. The van der Waals surface area contributed by atoms with Gasteiger partial charge >= 0.3 is 5.97 Å². The molecule has 15 nitrogen and oxygen atoms in total. The van der Waals surface area contributed by atoms with E-state index in [2.05, 4.69) is 26.6 Å². The second-order valence-corrected chi connectivity index (χ2v) is 14.8. The van der Waals surface area contributed by atoms with Crippen LogP contribution in [0.25, 0.3) is 0 Å². The normalized spacial score (nSPS) is 22.8. The molecule has 0 radical (unpaired) electrons. The SMILES string of the molecule is CC(C)CNC(=O)[C@H](CC(=O)O)NC(=O)[C@H](CCCNC(=N)N)NC(=O)[C@@H]1C[C@@H](Cc2ccccc2)[C@@H]2CC[C@H](NC(=O)C3CCCCC3)C(=O)N12. The van der Waals surface area contributed by atoms with Gasteiger partial charge in [0.15, 0.2) is 5.96 Å². The second-order valence-electron chi connectivity index (χ2n) is 14.8. The second kappa shape index (κ2) is 19.2. The summed E-state index contributed by atoms with van der Waals surface area (Å²) < 4.78 is 0. The molecule has 6 atom stereocenters. The Kier molecular flexibility index (Phi) is 14.8. The fraction of sp³-hybridized carbons (Fsp3) is 0.649. The number of hydrogen-bond acceptors (Lipinski definition) is 7. The number of hydrogen-bond donors (Lipinski definition) is 8. The smallest absolute Gasteiger partial charge is 0.305 e. The lowest BCUT2D eigenvalue weighted by Gasteiger charge is -2.39. The van der Waals surface area contributed by atoms with Gasteiger partial charge in [-0.2, -0.15) is 0 Å². The van der Waals surface area contributed by atoms with E-state index in [-0.39, 0.29) is 61.1 Å². The lowest BCUT2D eigenvalue weighted by molar-refractivity contribution is -0.147. The van der Waals surface area contributed by atoms with Crippen molar-refractivity contribution >= 4 is 41.5 Å². The Hall–Kier alpha value is -4.69. The molecule has 4 rings (SSSR count). The summed E-state index contributed by atoms with van der Waals surface area (Å²) in [5.74, 6) is -4.03. The predicted molar refractivity (Wildman–Crippen MR) is 194 cm³/mol. The molecule has 5 amide bonds. The summed E-state index contributed by atoms with van der Waals surface area (Å²) in [5, 5.41) is 30.6. The monoisotopic (exact) mass is 724 g/mol. The van der Waals surface area contributed by atoms with Crippen LogP contribution in [0.2, 0.25) is 0 Å². The lowest BCUT2D eigenvalue weighted by atomic mass is 9.86. The third kappa shape index (κ3) is 11.4. The average Bonchev–Trinajstić information content (AvgIpc) is 3.48. The van der Waals surface area contributed by atoms with E-state index in [4.69, 9.17) is 11.1 Å². The molecule has 0 unspecified atom stereocenters. The lowest BCUT2D eigenvalue weighted by Crippen LogP contribution is -2.61. The number of nitrogens with zero attached hydrogens (tertiary/aromatic N) is 1. The minimum absolute atomic E-state index is 0.0475. The van der Waals surface area contributed by atoms with Gasteiger partial charge in [-0.15, -0.1) is 0 Å². The molecule has 2 heterocycles. The van der Waals surface area contributed by atoms with Gasteiger partial charge in [-0.05, 0) is 68.8 Å². The molecule has 2 saturated heterocycles. The van der Waals surface area contributed by atoms with Gasteiger partial charge < -0.3 is 42.3 Å². The molecule has 3 aliphatic rings. The molecule has 2 aliphatic heterocycles. The first kappa shape index (κ1) is 40.1. The molecule has 0 aromatic heterocycles. The van der Waals surface area contributed by atoms with E-state index < -0.39 is 54.3 Å². The zero-order valence-electron chi connectivity index (χ0n) is 30.3. The minimum Gasteiger partial charge on any atom is -0.481 e. The number of aliphatic carboxylic acids is 1. The maximum absolute atomic E-state index is 14.2. The van der Waals surface area contributed by atoms with Crippen LogP contribution >= 0.6 is 0 Å². The summed E-state index contributed by atoms with van der Waals surface area (Å²) in [7, 11) is 0. The van der Waals surface area contributed by atoms with Crippen molar-refractivity contribution in [3.8, 4) is 0 Å². The number of carboxylic acids is 1. The Balaban J connectivity index is 1.55. The number of carboxylic acid groups (broad SMARTS) is 1. The van der Waals surface area contributed by atoms with Crippen LogP contribution in [0, 0.1) is 23.2 Å². The Morgan fingerprint density at radius 3 is 2.29 bits per heavy atom. The Morgan fingerprint density at radius 1 is 0.923 bits per heavy atom. The number of benzene rings is 1. The number of amides is 5. The summed E-state index contributed by atoms with van der Waals surface area (Å²) >= 11 is 0. The first-order valence-electron chi connectivity index (χ1n) is 18.7. The number of piperidine rings is 1. The summed E-state index contributed by atoms with van der Waals surface area (Å²) in [6.45, 7) is 4.26. The number of carbonyl (C=O) groups is 6. The van der Waals surface area contributed by atoms with Gasteiger partial charge in [0.2, 0.25) is 29.5 Å². The quantitative estimate of drug-likeness (QED) is 0.0653. The van der Waals surface area contributed by atoms with Crippen LogP contribution < -0.4 is 32.3 Å². The third-order valence-electron chi connectivity index (χ3n) is 10.3. The maximum atomic E-state index is 14.2. The molecule has 0 spiro atoms. The van der Waals surface area contributed by atoms with Gasteiger partial charge in [0, 0.05) is 25.0 Å². The zero-order chi connectivity index (χ0) is 37.8. The Morgan fingerprint density at radius 2 is 1.63 bits per heavy atom. The number of fused-ring (bicyclic) bond motifs is 1. The van der Waals surface area contributed by atoms with E-state index in [0.29, 0.717) is 32.1 Å². The topological polar surface area (TPSA) is 236 Å². The summed E-state index contributed by atoms with van der Waals surface area (Å²) in [5.41, 5.74) is 6.49. The molecule has 286 valence electrons. The van der Waals surface area contributed by atoms with Crippen molar-refractivity contribution < 1.29 is 33.9 Å². The minimum atomic E-state index is -1.39. The number of guanidine groups is 1. The van der Waals surface area contributed by atoms with E-state index in [1.165, 1.54) is 0 Å². The first-order valence-corrected chi connectivity index (χ1v) is 18.7. The highest BCUT2D eigenvalue weighted by Crippen LogP contribution is 2.39. The fourth-order valence-electron chi connectivity index (χ4n) is 7.66. The van der Waals surface area contributed by atoms with Crippen LogP contribution in [0.3, 0.4) is 0 Å². The van der Waals surface area contributed by atoms with Crippen molar-refractivity contribution in [2.75, 3.05) is 13.1 Å². The maximum Gasteiger partial charge on any atom is 0.305 e. The van der Waals surface area contributed by atoms with Crippen LogP contribution in [-0.2, 0) is 35.2 Å². The van der Waals surface area contributed by atoms with Crippen LogP contribution in [0.1, 0.15) is 90.0 Å². The van der Waals surface area contributed by atoms with Crippen LogP contribution in [0.4, 0.5) is 0 Å². The number of rotatable bonds is 17. The fourth-order valence-corrected chi connectivity index (χ4v) is 7.66. The van der Waals surface area contributed by atoms with Gasteiger partial charge in [-0.3, -0.25) is 34.2 Å². The van der Waals surface area contributed by atoms with Crippen molar-refractivity contribution in [2.45, 2.75) is 121 Å². The van der Waals surface area contributed by atoms with Crippen molar-refractivity contribution in [1.82, 2.24) is 31.5 Å². The van der Waals surface area contributed by atoms with Gasteiger partial charge in [-0.1, -0.05) is 63.4 Å². The molecule has 1 saturated carbocycles. The molecule has 15 heteroatoms. The Labute approximate surface area is 305 Å². The van der Waals surface area contributed by atoms with Crippen LogP contribution in [0.5, 0.6) is 0 Å². The van der Waals surface area contributed by atoms with E-state index >= 15 is 0 Å². The summed E-state index contributed by atoms with van der Waals surface area (Å²) in [6, 6.07) is 5.33. The highest BCUT2D eigenvalue weighted by Gasteiger charge is 2.51. The first-order chi connectivity index (χ1) is 24.8. The van der Waals surface area contributed by atoms with E-state index in [1.54, 1.807) is 4.90 Å². The van der Waals surface area contributed by atoms with Crippen LogP contribution in [0.15, 0.2) is 30.3 Å². The van der Waals surface area contributed by atoms with Crippen molar-refractivity contribution in [3.63, 3.8) is 0 Å². The van der Waals surface area contributed by atoms with Gasteiger partial charge in [0.1, 0.15) is 24.2 Å². The molecule has 0 bridgehead atoms. The molecule has 1 aliphatic carbocycles. The van der Waals surface area contributed by atoms with Crippen LogP contribution in [-0.4, -0.2) is 94.8 Å². The Bertz CT molecular complexity index is 1430. The van der Waals surface area contributed by atoms with Gasteiger partial charge in [-0.25, -0.2) is 0 Å². The molecule has 1 aromatic rings. The highest BCUT2D eigenvalue weighted by molar-refractivity contribution is 5.97. The number of carbonyl (C=O) groups excluding carboxylic acids is 5. The molecule has 1 aromatic carbocycles. The van der Waals surface area contributed by atoms with Gasteiger partial charge in [0.25, 0.3) is 0 Å². The molecular formula is C37H56N8O7. The number of nitrogens with one attached hydrogen (secondary N) is 6.